The Morgan fingerprint density at radius 3 is 2.11 bits per heavy atom. The fourth-order valence-electron chi connectivity index (χ4n) is 3.49. The molecule has 0 bridgehead atoms. The first-order valence-electron chi connectivity index (χ1n) is 9.33. The summed E-state index contributed by atoms with van der Waals surface area (Å²) in [6, 6.07) is 25.0. The summed E-state index contributed by atoms with van der Waals surface area (Å²) in [4.78, 5) is 12.4. The van der Waals surface area contributed by atoms with Crippen molar-refractivity contribution >= 4 is 23.4 Å². The van der Waals surface area contributed by atoms with E-state index in [9.17, 15) is 4.79 Å². The van der Waals surface area contributed by atoms with Crippen LogP contribution in [0.4, 0.5) is 0 Å². The summed E-state index contributed by atoms with van der Waals surface area (Å²) in [5.41, 5.74) is 10.8. The van der Waals surface area contributed by atoms with Crippen LogP contribution < -0.4 is 5.43 Å². The number of hydrazone groups is 1. The Labute approximate surface area is 169 Å². The zero-order valence-corrected chi connectivity index (χ0v) is 16.8. The quantitative estimate of drug-likeness (QED) is 0.475. The van der Waals surface area contributed by atoms with E-state index in [4.69, 9.17) is 0 Å². The number of rotatable bonds is 5. The van der Waals surface area contributed by atoms with Crippen molar-refractivity contribution in [3.05, 3.63) is 95.1 Å². The van der Waals surface area contributed by atoms with Crippen LogP contribution in [-0.4, -0.2) is 17.4 Å². The van der Waals surface area contributed by atoms with Crippen LogP contribution in [0.2, 0.25) is 0 Å². The van der Waals surface area contributed by atoms with Crippen LogP contribution in [0.15, 0.2) is 77.9 Å². The zero-order valence-electron chi connectivity index (χ0n) is 16.0. The molecule has 3 aromatic carbocycles. The third kappa shape index (κ3) is 3.73. The van der Waals surface area contributed by atoms with E-state index in [1.54, 1.807) is 11.8 Å². The fourth-order valence-corrected chi connectivity index (χ4v) is 4.64. The smallest absolute Gasteiger partial charge is 0.250 e. The van der Waals surface area contributed by atoms with E-state index in [1.165, 1.54) is 27.8 Å². The highest BCUT2D eigenvalue weighted by Gasteiger charge is 2.28. The van der Waals surface area contributed by atoms with Gasteiger partial charge in [0.2, 0.25) is 5.91 Å². The maximum atomic E-state index is 12.4. The number of benzene rings is 3. The SMILES string of the molecule is C/C(=N/NC(=O)CSC1c2ccccc2-c2ccccc21)c1ccc(C)cc1. The number of carbonyl (C=O) groups is 1. The molecule has 4 heteroatoms. The summed E-state index contributed by atoms with van der Waals surface area (Å²) >= 11 is 1.65. The molecule has 0 spiro atoms. The van der Waals surface area contributed by atoms with Gasteiger partial charge in [0.1, 0.15) is 0 Å². The molecule has 0 saturated heterocycles. The molecule has 1 N–H and O–H groups in total. The van der Waals surface area contributed by atoms with Crippen LogP contribution >= 0.6 is 11.8 Å². The average molecular weight is 387 g/mol. The Bertz CT molecular complexity index is 995. The van der Waals surface area contributed by atoms with Gasteiger partial charge in [-0.25, -0.2) is 5.43 Å². The molecule has 0 fully saturated rings. The molecule has 28 heavy (non-hydrogen) atoms. The number of thioether (sulfide) groups is 1. The second-order valence-electron chi connectivity index (χ2n) is 6.96. The van der Waals surface area contributed by atoms with Gasteiger partial charge in [-0.1, -0.05) is 78.4 Å². The van der Waals surface area contributed by atoms with Gasteiger partial charge in [0, 0.05) is 0 Å². The lowest BCUT2D eigenvalue weighted by Gasteiger charge is -2.12. The van der Waals surface area contributed by atoms with E-state index in [0.29, 0.717) is 5.75 Å². The zero-order chi connectivity index (χ0) is 19.5. The number of nitrogens with one attached hydrogen (secondary N) is 1. The van der Waals surface area contributed by atoms with Crippen LogP contribution in [0.5, 0.6) is 0 Å². The van der Waals surface area contributed by atoms with E-state index in [1.807, 2.05) is 31.2 Å². The van der Waals surface area contributed by atoms with Crippen molar-refractivity contribution < 1.29 is 4.79 Å². The Hall–Kier alpha value is -2.85. The molecule has 0 aliphatic heterocycles. The minimum atomic E-state index is -0.0849. The number of amides is 1. The fraction of sp³-hybridized carbons (Fsp3) is 0.167. The van der Waals surface area contributed by atoms with Crippen LogP contribution in [0.1, 0.15) is 34.4 Å². The first kappa shape index (κ1) is 18.5. The first-order chi connectivity index (χ1) is 13.6. The molecule has 3 nitrogen and oxygen atoms in total. The van der Waals surface area contributed by atoms with E-state index >= 15 is 0 Å². The predicted octanol–water partition coefficient (Wildman–Crippen LogP) is 5.34. The average Bonchev–Trinajstić information content (AvgIpc) is 3.05. The molecule has 0 radical (unpaired) electrons. The summed E-state index contributed by atoms with van der Waals surface area (Å²) < 4.78 is 0. The number of hydrogen-bond acceptors (Lipinski definition) is 3. The van der Waals surface area contributed by atoms with Crippen molar-refractivity contribution in [2.45, 2.75) is 19.1 Å². The largest absolute Gasteiger partial charge is 0.272 e. The maximum absolute atomic E-state index is 12.4. The van der Waals surface area contributed by atoms with Gasteiger partial charge in [-0.3, -0.25) is 4.79 Å². The van der Waals surface area contributed by atoms with Crippen LogP contribution in [0, 0.1) is 6.92 Å². The van der Waals surface area contributed by atoms with E-state index < -0.39 is 0 Å². The number of aryl methyl sites for hydroxylation is 1. The third-order valence-corrected chi connectivity index (χ3v) is 6.25. The van der Waals surface area contributed by atoms with Gasteiger partial charge in [-0.2, -0.15) is 5.10 Å². The standard InChI is InChI=1S/C24H22N2OS/c1-16-11-13-18(14-12-16)17(2)25-26-23(27)15-28-24-21-9-5-3-7-19(21)20-8-4-6-10-22(20)24/h3-14,24H,15H2,1-2H3,(H,26,27)/b25-17-. The molecule has 3 aromatic rings. The lowest BCUT2D eigenvalue weighted by atomic mass is 10.1. The normalized spacial score (nSPS) is 13.1. The van der Waals surface area contributed by atoms with Gasteiger partial charge < -0.3 is 0 Å². The second-order valence-corrected chi connectivity index (χ2v) is 8.06. The predicted molar refractivity (Wildman–Crippen MR) is 118 cm³/mol. The molecular weight excluding hydrogens is 364 g/mol. The van der Waals surface area contributed by atoms with Gasteiger partial charge in [0.05, 0.1) is 16.7 Å². The van der Waals surface area contributed by atoms with Gasteiger partial charge >= 0.3 is 0 Å². The Morgan fingerprint density at radius 2 is 1.50 bits per heavy atom. The topological polar surface area (TPSA) is 41.5 Å². The summed E-state index contributed by atoms with van der Waals surface area (Å²) in [7, 11) is 0. The van der Waals surface area contributed by atoms with Crippen molar-refractivity contribution in [3.8, 4) is 11.1 Å². The Balaban J connectivity index is 1.42. The van der Waals surface area contributed by atoms with Gasteiger partial charge in [-0.15, -0.1) is 11.8 Å². The van der Waals surface area contributed by atoms with Crippen molar-refractivity contribution in [1.82, 2.24) is 5.43 Å². The second kappa shape index (κ2) is 8.03. The molecule has 0 heterocycles. The highest BCUT2D eigenvalue weighted by molar-refractivity contribution is 8.00. The minimum Gasteiger partial charge on any atom is -0.272 e. The molecule has 0 saturated carbocycles. The van der Waals surface area contributed by atoms with Crippen molar-refractivity contribution in [1.29, 1.82) is 0 Å². The highest BCUT2D eigenvalue weighted by atomic mass is 32.2. The van der Waals surface area contributed by atoms with Crippen molar-refractivity contribution in [3.63, 3.8) is 0 Å². The third-order valence-electron chi connectivity index (χ3n) is 4.98. The molecule has 0 atom stereocenters. The lowest BCUT2D eigenvalue weighted by molar-refractivity contribution is -0.118. The molecule has 1 amide bonds. The number of carbonyl (C=O) groups excluding carboxylic acids is 1. The molecule has 1 aliphatic rings. The number of fused-ring (bicyclic) bond motifs is 3. The molecule has 140 valence electrons. The Morgan fingerprint density at radius 1 is 0.929 bits per heavy atom. The highest BCUT2D eigenvalue weighted by Crippen LogP contribution is 2.49. The van der Waals surface area contributed by atoms with E-state index in [-0.39, 0.29) is 11.2 Å². The van der Waals surface area contributed by atoms with Crippen LogP contribution in [0.3, 0.4) is 0 Å². The van der Waals surface area contributed by atoms with Gasteiger partial charge in [-0.05, 0) is 41.7 Å². The molecule has 4 rings (SSSR count). The molecular formula is C24H22N2OS. The summed E-state index contributed by atoms with van der Waals surface area (Å²) in [5.74, 6) is 0.274. The van der Waals surface area contributed by atoms with Crippen molar-refractivity contribution in [2.24, 2.45) is 5.10 Å². The van der Waals surface area contributed by atoms with E-state index in [0.717, 1.165) is 11.3 Å². The van der Waals surface area contributed by atoms with Gasteiger partial charge in [0.15, 0.2) is 0 Å². The van der Waals surface area contributed by atoms with E-state index in [2.05, 4.69) is 66.0 Å². The number of nitrogens with zero attached hydrogens (tertiary/aromatic N) is 1. The molecule has 1 aliphatic carbocycles. The first-order valence-corrected chi connectivity index (χ1v) is 10.4. The monoisotopic (exact) mass is 386 g/mol. The summed E-state index contributed by atoms with van der Waals surface area (Å²) in [5, 5.41) is 4.44. The lowest BCUT2D eigenvalue weighted by Crippen LogP contribution is -2.21. The summed E-state index contributed by atoms with van der Waals surface area (Å²) in [6.07, 6.45) is 0. The van der Waals surface area contributed by atoms with Crippen LogP contribution in [0.25, 0.3) is 11.1 Å². The van der Waals surface area contributed by atoms with Crippen molar-refractivity contribution in [2.75, 3.05) is 5.75 Å². The molecule has 0 unspecified atom stereocenters. The minimum absolute atomic E-state index is 0.0849. The summed E-state index contributed by atoms with van der Waals surface area (Å²) in [6.45, 7) is 3.95. The van der Waals surface area contributed by atoms with Crippen LogP contribution in [-0.2, 0) is 4.79 Å². The molecule has 0 aromatic heterocycles. The Kier molecular flexibility index (Phi) is 5.31. The maximum Gasteiger partial charge on any atom is 0.250 e. The number of hydrogen-bond donors (Lipinski definition) is 1. The van der Waals surface area contributed by atoms with Gasteiger partial charge in [0.25, 0.3) is 0 Å².